The van der Waals surface area contributed by atoms with Crippen LogP contribution >= 0.6 is 0 Å². The Hall–Kier alpha value is -0.570. The molecule has 0 N–H and O–H groups in total. The highest BCUT2D eigenvalue weighted by Gasteiger charge is 2.14. The summed E-state index contributed by atoms with van der Waals surface area (Å²) in [6.45, 7) is 9.31. The zero-order valence-electron chi connectivity index (χ0n) is 38.9. The number of nitrogens with zero attached hydrogens (tertiary/aromatic N) is 2. The fraction of sp³-hybridized carbons (Fsp3) is 0.906. The van der Waals surface area contributed by atoms with E-state index in [-0.39, 0.29) is 17.0 Å². The fourth-order valence-corrected chi connectivity index (χ4v) is 8.65. The van der Waals surface area contributed by atoms with E-state index in [9.17, 15) is 0 Å². The van der Waals surface area contributed by atoms with Crippen molar-refractivity contribution in [3.63, 3.8) is 0 Å². The maximum absolute atomic E-state index is 2.57. The van der Waals surface area contributed by atoms with E-state index < -0.39 is 0 Å². The van der Waals surface area contributed by atoms with Gasteiger partial charge in [0.1, 0.15) is 12.4 Å². The first kappa shape index (κ1) is 55.4. The van der Waals surface area contributed by atoms with Crippen LogP contribution in [0.25, 0.3) is 6.08 Å². The first-order valence-corrected chi connectivity index (χ1v) is 26.1. The lowest BCUT2D eigenvalue weighted by Gasteiger charge is -2.05. The number of hydrogen-bond donors (Lipinski definition) is 0. The molecular weight excluding hydrogens is 745 g/mol. The van der Waals surface area contributed by atoms with Crippen molar-refractivity contribution in [2.75, 3.05) is 0 Å². The van der Waals surface area contributed by atoms with Gasteiger partial charge in [0.15, 0.2) is 0 Å². The van der Waals surface area contributed by atoms with Gasteiger partial charge in [-0.2, -0.15) is 0 Å². The summed E-state index contributed by atoms with van der Waals surface area (Å²) in [4.78, 5) is 0. The highest BCUT2D eigenvalue weighted by Crippen LogP contribution is 2.17. The van der Waals surface area contributed by atoms with Gasteiger partial charge in [0.25, 0.3) is 5.82 Å². The Morgan fingerprint density at radius 3 is 1.00 bits per heavy atom. The molecule has 1 aromatic heterocycles. The molecule has 1 aromatic rings. The largest absolute Gasteiger partial charge is 1.00 e. The van der Waals surface area contributed by atoms with E-state index in [2.05, 4.69) is 54.5 Å². The summed E-state index contributed by atoms with van der Waals surface area (Å²) in [5.74, 6) is 1.45. The van der Waals surface area contributed by atoms with Gasteiger partial charge in [-0.25, -0.2) is 9.13 Å². The topological polar surface area (TPSA) is 8.81 Å². The van der Waals surface area contributed by atoms with Crippen LogP contribution in [0.3, 0.4) is 0 Å². The summed E-state index contributed by atoms with van der Waals surface area (Å²) in [6.07, 6.45) is 71.3. The number of allylic oxidation sites excluding steroid dienone is 1. The summed E-state index contributed by atoms with van der Waals surface area (Å²) in [6, 6.07) is 0. The van der Waals surface area contributed by atoms with Gasteiger partial charge in [-0.1, -0.05) is 264 Å². The number of hydrogen-bond acceptors (Lipinski definition) is 0. The molecule has 0 aliphatic rings. The van der Waals surface area contributed by atoms with Gasteiger partial charge >= 0.3 is 0 Å². The third-order valence-electron chi connectivity index (χ3n) is 12.5. The molecule has 0 radical (unpaired) electrons. The van der Waals surface area contributed by atoms with Crippen LogP contribution in [0.4, 0.5) is 0 Å². The van der Waals surface area contributed by atoms with Gasteiger partial charge in [0.2, 0.25) is 0 Å². The highest BCUT2D eigenvalue weighted by molar-refractivity contribution is 5.37. The van der Waals surface area contributed by atoms with Gasteiger partial charge < -0.3 is 17.0 Å². The molecule has 1 heterocycles. The number of imidazole rings is 1. The number of unbranched alkanes of at least 4 members (excludes halogenated alkanes) is 40. The van der Waals surface area contributed by atoms with Crippen LogP contribution in [0.2, 0.25) is 0 Å². The minimum Gasteiger partial charge on any atom is -1.00 e. The van der Waals surface area contributed by atoms with Crippen LogP contribution < -0.4 is 21.5 Å². The Labute approximate surface area is 364 Å². The lowest BCUT2D eigenvalue weighted by atomic mass is 10.0. The molecule has 2 nitrogen and oxygen atoms in total. The van der Waals surface area contributed by atoms with E-state index in [0.29, 0.717) is 0 Å². The minimum atomic E-state index is 0. The van der Waals surface area contributed by atoms with Crippen LogP contribution in [0.15, 0.2) is 18.5 Å². The third-order valence-corrected chi connectivity index (χ3v) is 12.5. The van der Waals surface area contributed by atoms with Crippen molar-refractivity contribution in [3.05, 3.63) is 24.3 Å². The Balaban J connectivity index is 0.0000302. The molecule has 0 spiro atoms. The molecule has 1 rings (SSSR count). The molecule has 0 aliphatic carbocycles. The van der Waals surface area contributed by atoms with Gasteiger partial charge in [-0.3, -0.25) is 0 Å². The number of aryl methyl sites for hydroxylation is 2. The second-order valence-corrected chi connectivity index (χ2v) is 18.0. The molecule has 0 saturated heterocycles. The quantitative estimate of drug-likeness (QED) is 0.0457. The van der Waals surface area contributed by atoms with Crippen molar-refractivity contribution in [1.82, 2.24) is 4.57 Å². The lowest BCUT2D eigenvalue weighted by molar-refractivity contribution is -0.698. The summed E-state index contributed by atoms with van der Waals surface area (Å²) in [5.41, 5.74) is 0. The van der Waals surface area contributed by atoms with E-state index >= 15 is 0 Å². The van der Waals surface area contributed by atoms with E-state index in [1.165, 1.54) is 295 Å². The fourth-order valence-electron chi connectivity index (χ4n) is 8.65. The monoisotopic (exact) mass is 847 g/mol. The predicted octanol–water partition coefficient (Wildman–Crippen LogP) is 15.6. The second kappa shape index (κ2) is 47.1. The molecule has 0 bridgehead atoms. The maximum Gasteiger partial charge on any atom is 0.281 e. The first-order chi connectivity index (χ1) is 27.3. The molecule has 0 fully saturated rings. The maximum atomic E-state index is 2.57. The van der Waals surface area contributed by atoms with Gasteiger partial charge in [-0.05, 0) is 38.5 Å². The molecule has 0 aliphatic heterocycles. The van der Waals surface area contributed by atoms with Crippen molar-refractivity contribution in [3.8, 4) is 0 Å². The summed E-state index contributed by atoms with van der Waals surface area (Å²) >= 11 is 0. The molecule has 56 heavy (non-hydrogen) atoms. The molecule has 332 valence electrons. The summed E-state index contributed by atoms with van der Waals surface area (Å²) in [7, 11) is 0. The van der Waals surface area contributed by atoms with E-state index in [1.54, 1.807) is 0 Å². The van der Waals surface area contributed by atoms with Gasteiger partial charge in [0.05, 0.1) is 13.1 Å². The Morgan fingerprint density at radius 1 is 0.375 bits per heavy atom. The SMILES string of the molecule is CCCCCCCCCCCCCCCCCCC=Cc1n(CCCCCCCCCC)cc[n+]1CCCCCCCCCCCCCCCCCCCC.[Br-]. The van der Waals surface area contributed by atoms with Crippen LogP contribution in [0.5, 0.6) is 0 Å². The Bertz CT molecular complexity index is 890. The second-order valence-electron chi connectivity index (χ2n) is 18.0. The average Bonchev–Trinajstić information content (AvgIpc) is 3.58. The first-order valence-electron chi connectivity index (χ1n) is 26.1. The normalized spacial score (nSPS) is 11.6. The zero-order chi connectivity index (χ0) is 39.4. The Morgan fingerprint density at radius 2 is 0.661 bits per heavy atom. The average molecular weight is 848 g/mol. The van der Waals surface area contributed by atoms with E-state index in [1.807, 2.05) is 0 Å². The van der Waals surface area contributed by atoms with Gasteiger partial charge in [-0.15, -0.1) is 0 Å². The third kappa shape index (κ3) is 37.7. The molecule has 0 aromatic carbocycles. The van der Waals surface area contributed by atoms with Crippen LogP contribution in [-0.2, 0) is 13.1 Å². The van der Waals surface area contributed by atoms with Crippen molar-refractivity contribution in [2.45, 2.75) is 310 Å². The van der Waals surface area contributed by atoms with Crippen molar-refractivity contribution in [2.24, 2.45) is 0 Å². The lowest BCUT2D eigenvalue weighted by Crippen LogP contribution is -3.00. The van der Waals surface area contributed by atoms with Crippen molar-refractivity contribution in [1.29, 1.82) is 0 Å². The van der Waals surface area contributed by atoms with Crippen LogP contribution in [0, 0.1) is 0 Å². The van der Waals surface area contributed by atoms with E-state index in [4.69, 9.17) is 0 Å². The van der Waals surface area contributed by atoms with Gasteiger partial charge in [0, 0.05) is 6.08 Å². The number of aromatic nitrogens is 2. The standard InChI is InChI=1S/C53H103N2.BrH/c1-4-7-10-13-16-19-21-23-25-27-29-31-33-35-37-39-42-45-48-53-54(49-46-43-40-18-15-12-9-6-3)51-52-55(53)50-47-44-41-38-36-34-32-30-28-26-24-22-20-17-14-11-8-5-2;/h45,48,51-52H,4-44,46-47,49-50H2,1-3H3;1H/q+1;/p-1. The van der Waals surface area contributed by atoms with Crippen LogP contribution in [-0.4, -0.2) is 4.57 Å². The summed E-state index contributed by atoms with van der Waals surface area (Å²) in [5, 5.41) is 0. The minimum absolute atomic E-state index is 0. The summed E-state index contributed by atoms with van der Waals surface area (Å²) < 4.78 is 5.14. The smallest absolute Gasteiger partial charge is 0.281 e. The molecule has 0 amide bonds. The number of rotatable bonds is 46. The zero-order valence-corrected chi connectivity index (χ0v) is 40.5. The Kier molecular flexibility index (Phi) is 46.6. The molecule has 0 unspecified atom stereocenters. The molecule has 0 saturated carbocycles. The van der Waals surface area contributed by atoms with Crippen molar-refractivity contribution < 1.29 is 21.5 Å². The highest BCUT2D eigenvalue weighted by atomic mass is 79.9. The molecule has 0 atom stereocenters. The van der Waals surface area contributed by atoms with Crippen molar-refractivity contribution >= 4 is 6.08 Å². The molecular formula is C53H103BrN2. The van der Waals surface area contributed by atoms with Crippen LogP contribution in [0.1, 0.15) is 303 Å². The molecule has 3 heteroatoms. The van der Waals surface area contributed by atoms with E-state index in [0.717, 1.165) is 0 Å². The predicted molar refractivity (Wildman–Crippen MR) is 249 cm³/mol. The number of halogens is 1.